The highest BCUT2D eigenvalue weighted by Crippen LogP contribution is 2.35. The number of nitrogens with zero attached hydrogens (tertiary/aromatic N) is 3. The van der Waals surface area contributed by atoms with Gasteiger partial charge in [0.05, 0.1) is 35.5 Å². The van der Waals surface area contributed by atoms with E-state index in [2.05, 4.69) is 19.8 Å². The van der Waals surface area contributed by atoms with E-state index in [0.717, 1.165) is 18.7 Å². The van der Waals surface area contributed by atoms with Crippen LogP contribution in [0, 0.1) is 0 Å². The first-order valence-corrected chi connectivity index (χ1v) is 11.5. The van der Waals surface area contributed by atoms with E-state index in [4.69, 9.17) is 4.42 Å². The quantitative estimate of drug-likeness (QED) is 0.621. The van der Waals surface area contributed by atoms with Gasteiger partial charge in [0.15, 0.2) is 0 Å². The minimum atomic E-state index is -0.849. The van der Waals surface area contributed by atoms with Crippen molar-refractivity contribution in [3.05, 3.63) is 78.3 Å². The third kappa shape index (κ3) is 3.98. The molecular formula is C25H30N4O3. The number of nitrogens with one attached hydrogen (secondary N) is 1. The Morgan fingerprint density at radius 1 is 1.22 bits per heavy atom. The van der Waals surface area contributed by atoms with Crippen molar-refractivity contribution in [2.45, 2.75) is 56.3 Å². The zero-order chi connectivity index (χ0) is 22.0. The molecular weight excluding hydrogens is 404 g/mol. The second-order valence-electron chi connectivity index (χ2n) is 9.03. The molecule has 1 saturated heterocycles. The van der Waals surface area contributed by atoms with Gasteiger partial charge < -0.3 is 19.4 Å². The summed E-state index contributed by atoms with van der Waals surface area (Å²) in [5.74, 6) is -0.241. The molecule has 1 aliphatic heterocycles. The molecule has 3 heterocycles. The Hall–Kier alpha value is -2.90. The van der Waals surface area contributed by atoms with Crippen LogP contribution in [0.4, 0.5) is 0 Å². The number of likely N-dealkylation sites (tertiary alicyclic amines) is 1. The topological polar surface area (TPSA) is 83.5 Å². The molecule has 3 aromatic rings. The number of furan rings is 1. The molecule has 2 aromatic heterocycles. The number of hydrogen-bond donors (Lipinski definition) is 2. The van der Waals surface area contributed by atoms with Gasteiger partial charge in [-0.05, 0) is 30.9 Å². The van der Waals surface area contributed by atoms with Gasteiger partial charge in [-0.3, -0.25) is 9.69 Å². The SMILES string of the molecule is O=C(N[C@]1(c2ccccc2)CCN(Cc2cncn2C2CCCC2)C[C@H]1O)c1ccoc1. The van der Waals surface area contributed by atoms with Crippen molar-refractivity contribution in [2.24, 2.45) is 0 Å². The summed E-state index contributed by atoms with van der Waals surface area (Å²) in [6, 6.07) is 12.0. The molecule has 7 heteroatoms. The van der Waals surface area contributed by atoms with E-state index in [1.807, 2.05) is 42.9 Å². The lowest BCUT2D eigenvalue weighted by Gasteiger charge is -2.46. The summed E-state index contributed by atoms with van der Waals surface area (Å²) in [7, 11) is 0. The van der Waals surface area contributed by atoms with Crippen molar-refractivity contribution in [3.8, 4) is 0 Å². The molecule has 1 aromatic carbocycles. The fourth-order valence-electron chi connectivity index (χ4n) is 5.29. The molecule has 5 rings (SSSR count). The minimum absolute atomic E-state index is 0.241. The second-order valence-corrected chi connectivity index (χ2v) is 9.03. The van der Waals surface area contributed by atoms with Gasteiger partial charge >= 0.3 is 0 Å². The standard InChI is InChI=1S/C25H30N4O3/c30-23-16-28(15-22-14-26-18-29(22)21-8-4-5-9-21)12-11-25(23,20-6-2-1-3-7-20)27-24(31)19-10-13-32-17-19/h1-3,6-7,10,13-14,17-18,21,23,30H,4-5,8-9,11-12,15-16H2,(H,27,31)/t23-,25+/m1/s1. The highest BCUT2D eigenvalue weighted by atomic mass is 16.3. The number of amides is 1. The molecule has 32 heavy (non-hydrogen) atoms. The maximum atomic E-state index is 12.9. The molecule has 2 atom stereocenters. The Bertz CT molecular complexity index is 1030. The van der Waals surface area contributed by atoms with E-state index >= 15 is 0 Å². The smallest absolute Gasteiger partial charge is 0.255 e. The molecule has 1 aliphatic carbocycles. The third-order valence-electron chi connectivity index (χ3n) is 7.08. The number of aromatic nitrogens is 2. The molecule has 1 saturated carbocycles. The van der Waals surface area contributed by atoms with Gasteiger partial charge in [0.2, 0.25) is 0 Å². The van der Waals surface area contributed by atoms with Crippen LogP contribution in [0.1, 0.15) is 59.8 Å². The van der Waals surface area contributed by atoms with Crippen molar-refractivity contribution >= 4 is 5.91 Å². The monoisotopic (exact) mass is 434 g/mol. The molecule has 7 nitrogen and oxygen atoms in total. The summed E-state index contributed by atoms with van der Waals surface area (Å²) in [6.45, 7) is 1.97. The van der Waals surface area contributed by atoms with E-state index in [-0.39, 0.29) is 5.91 Å². The average Bonchev–Trinajstić information content (AvgIpc) is 3.59. The summed E-state index contributed by atoms with van der Waals surface area (Å²) >= 11 is 0. The zero-order valence-electron chi connectivity index (χ0n) is 18.2. The van der Waals surface area contributed by atoms with Crippen LogP contribution in [-0.4, -0.2) is 44.7 Å². The summed E-state index contributed by atoms with van der Waals surface area (Å²) < 4.78 is 7.40. The number of aliphatic hydroxyl groups is 1. The first-order valence-electron chi connectivity index (χ1n) is 11.5. The largest absolute Gasteiger partial charge is 0.472 e. The van der Waals surface area contributed by atoms with E-state index < -0.39 is 11.6 Å². The van der Waals surface area contributed by atoms with Crippen LogP contribution in [0.3, 0.4) is 0 Å². The Kier molecular flexibility index (Phi) is 5.85. The van der Waals surface area contributed by atoms with Crippen LogP contribution in [0.5, 0.6) is 0 Å². The first kappa shape index (κ1) is 21.0. The molecule has 1 amide bonds. The maximum absolute atomic E-state index is 12.9. The Morgan fingerprint density at radius 2 is 2.03 bits per heavy atom. The average molecular weight is 435 g/mol. The van der Waals surface area contributed by atoms with E-state index in [0.29, 0.717) is 24.6 Å². The van der Waals surface area contributed by atoms with Crippen LogP contribution in [0.25, 0.3) is 0 Å². The van der Waals surface area contributed by atoms with Gasteiger partial charge in [-0.1, -0.05) is 43.2 Å². The highest BCUT2D eigenvalue weighted by molar-refractivity contribution is 5.94. The van der Waals surface area contributed by atoms with Crippen LogP contribution in [-0.2, 0) is 12.1 Å². The normalized spacial score (nSPS) is 24.6. The number of β-amino-alcohol motifs (C(OH)–C–C–N with tert-alkyl or cyclic N) is 1. The first-order chi connectivity index (χ1) is 15.7. The third-order valence-corrected chi connectivity index (χ3v) is 7.08. The number of carbonyl (C=O) groups excluding carboxylic acids is 1. The van der Waals surface area contributed by atoms with Crippen molar-refractivity contribution in [1.82, 2.24) is 19.8 Å². The minimum Gasteiger partial charge on any atom is -0.472 e. The zero-order valence-corrected chi connectivity index (χ0v) is 18.2. The molecule has 0 radical (unpaired) electrons. The Labute approximate surface area is 188 Å². The molecule has 2 N–H and O–H groups in total. The molecule has 0 bridgehead atoms. The van der Waals surface area contributed by atoms with Crippen LogP contribution < -0.4 is 5.32 Å². The van der Waals surface area contributed by atoms with Gasteiger partial charge in [-0.15, -0.1) is 0 Å². The predicted octanol–water partition coefficient (Wildman–Crippen LogP) is 3.48. The van der Waals surface area contributed by atoms with Gasteiger partial charge in [-0.25, -0.2) is 4.98 Å². The van der Waals surface area contributed by atoms with Gasteiger partial charge in [-0.2, -0.15) is 0 Å². The number of rotatable bonds is 6. The Balaban J connectivity index is 1.35. The van der Waals surface area contributed by atoms with Gasteiger partial charge in [0, 0.05) is 31.9 Å². The van der Waals surface area contributed by atoms with Gasteiger partial charge in [0.1, 0.15) is 6.26 Å². The summed E-state index contributed by atoms with van der Waals surface area (Å²) in [5, 5.41) is 14.5. The summed E-state index contributed by atoms with van der Waals surface area (Å²) in [5.41, 5.74) is 1.71. The summed E-state index contributed by atoms with van der Waals surface area (Å²) in [6.07, 6.45) is 11.6. The van der Waals surface area contributed by atoms with Crippen molar-refractivity contribution in [3.63, 3.8) is 0 Å². The van der Waals surface area contributed by atoms with Crippen LogP contribution in [0.15, 0.2) is 65.9 Å². The van der Waals surface area contributed by atoms with Crippen molar-refractivity contribution in [2.75, 3.05) is 13.1 Å². The van der Waals surface area contributed by atoms with E-state index in [1.165, 1.54) is 43.9 Å². The summed E-state index contributed by atoms with van der Waals surface area (Å²) in [4.78, 5) is 19.6. The fraction of sp³-hybridized carbons (Fsp3) is 0.440. The maximum Gasteiger partial charge on any atom is 0.255 e. The van der Waals surface area contributed by atoms with Crippen LogP contribution in [0.2, 0.25) is 0 Å². The number of carbonyl (C=O) groups is 1. The van der Waals surface area contributed by atoms with Crippen molar-refractivity contribution in [1.29, 1.82) is 0 Å². The molecule has 168 valence electrons. The molecule has 2 fully saturated rings. The number of benzene rings is 1. The highest BCUT2D eigenvalue weighted by Gasteiger charge is 2.45. The number of piperidine rings is 1. The van der Waals surface area contributed by atoms with Crippen molar-refractivity contribution < 1.29 is 14.3 Å². The fourth-order valence-corrected chi connectivity index (χ4v) is 5.29. The molecule has 0 spiro atoms. The lowest BCUT2D eigenvalue weighted by Crippen LogP contribution is -2.61. The predicted molar refractivity (Wildman–Crippen MR) is 120 cm³/mol. The van der Waals surface area contributed by atoms with E-state index in [1.54, 1.807) is 6.07 Å². The van der Waals surface area contributed by atoms with Crippen LogP contribution >= 0.6 is 0 Å². The molecule has 2 aliphatic rings. The number of imidazole rings is 1. The lowest BCUT2D eigenvalue weighted by atomic mass is 9.78. The lowest BCUT2D eigenvalue weighted by molar-refractivity contribution is -0.0187. The van der Waals surface area contributed by atoms with Gasteiger partial charge in [0.25, 0.3) is 5.91 Å². The Morgan fingerprint density at radius 3 is 2.75 bits per heavy atom. The number of aliphatic hydroxyl groups excluding tert-OH is 1. The molecule has 0 unspecified atom stereocenters. The number of hydrogen-bond acceptors (Lipinski definition) is 5. The van der Waals surface area contributed by atoms with E-state index in [9.17, 15) is 9.90 Å². The second kappa shape index (κ2) is 8.92.